The van der Waals surface area contributed by atoms with E-state index in [1.807, 2.05) is 12.1 Å². The Labute approximate surface area is 120 Å². The van der Waals surface area contributed by atoms with E-state index in [1.54, 1.807) is 31.0 Å². The Morgan fingerprint density at radius 2 is 2.15 bits per heavy atom. The summed E-state index contributed by atoms with van der Waals surface area (Å²) in [7, 11) is 1.61. The molecular formula is C14H14N4OS. The third-order valence-corrected chi connectivity index (χ3v) is 4.09. The summed E-state index contributed by atoms with van der Waals surface area (Å²) in [6.07, 6.45) is 3.39. The Balaban J connectivity index is 1.79. The minimum absolute atomic E-state index is 0.618. The van der Waals surface area contributed by atoms with Crippen LogP contribution in [0.5, 0.6) is 5.88 Å². The predicted octanol–water partition coefficient (Wildman–Crippen LogP) is 3.02. The van der Waals surface area contributed by atoms with Crippen molar-refractivity contribution in [3.05, 3.63) is 41.2 Å². The third-order valence-electron chi connectivity index (χ3n) is 3.00. The first-order valence-corrected chi connectivity index (χ1v) is 7.07. The maximum atomic E-state index is 5.04. The number of hydrogen-bond acceptors (Lipinski definition) is 6. The van der Waals surface area contributed by atoms with Gasteiger partial charge in [0.2, 0.25) is 5.88 Å². The molecule has 5 nitrogen and oxygen atoms in total. The first-order chi connectivity index (χ1) is 9.78. The number of nitrogens with one attached hydrogen (secondary N) is 1. The van der Waals surface area contributed by atoms with Crippen molar-refractivity contribution < 1.29 is 4.74 Å². The van der Waals surface area contributed by atoms with Crippen LogP contribution < -0.4 is 10.1 Å². The molecule has 0 saturated heterocycles. The fourth-order valence-electron chi connectivity index (χ4n) is 1.92. The van der Waals surface area contributed by atoms with E-state index in [4.69, 9.17) is 4.74 Å². The van der Waals surface area contributed by atoms with Gasteiger partial charge in [0.05, 0.1) is 17.3 Å². The lowest BCUT2D eigenvalue weighted by Crippen LogP contribution is -2.02. The van der Waals surface area contributed by atoms with Crippen LogP contribution in [0.1, 0.15) is 11.1 Å². The number of anilines is 1. The molecule has 0 spiro atoms. The summed E-state index contributed by atoms with van der Waals surface area (Å²) in [4.78, 5) is 12.8. The van der Waals surface area contributed by atoms with Crippen molar-refractivity contribution in [3.63, 3.8) is 0 Å². The van der Waals surface area contributed by atoms with E-state index in [-0.39, 0.29) is 0 Å². The maximum absolute atomic E-state index is 5.04. The first-order valence-electron chi connectivity index (χ1n) is 6.19. The lowest BCUT2D eigenvalue weighted by atomic mass is 10.3. The largest absolute Gasteiger partial charge is 0.481 e. The van der Waals surface area contributed by atoms with Crippen molar-refractivity contribution in [1.29, 1.82) is 0 Å². The minimum Gasteiger partial charge on any atom is -0.481 e. The number of thiophene rings is 1. The van der Waals surface area contributed by atoms with Gasteiger partial charge >= 0.3 is 0 Å². The first kappa shape index (κ1) is 12.8. The van der Waals surface area contributed by atoms with E-state index in [9.17, 15) is 0 Å². The number of ether oxygens (including phenoxy) is 1. The van der Waals surface area contributed by atoms with E-state index in [2.05, 4.69) is 32.6 Å². The molecule has 0 amide bonds. The fraction of sp³-hybridized carbons (Fsp3) is 0.214. The zero-order chi connectivity index (χ0) is 13.9. The second kappa shape index (κ2) is 5.42. The van der Waals surface area contributed by atoms with Crippen LogP contribution in [-0.4, -0.2) is 22.1 Å². The number of aryl methyl sites for hydroxylation is 1. The van der Waals surface area contributed by atoms with Crippen LogP contribution in [0.3, 0.4) is 0 Å². The van der Waals surface area contributed by atoms with Crippen LogP contribution in [0.15, 0.2) is 30.0 Å². The van der Waals surface area contributed by atoms with Crippen molar-refractivity contribution in [2.75, 3.05) is 12.4 Å². The molecule has 20 heavy (non-hydrogen) atoms. The van der Waals surface area contributed by atoms with Crippen LogP contribution in [0.2, 0.25) is 0 Å². The van der Waals surface area contributed by atoms with E-state index in [0.29, 0.717) is 12.4 Å². The van der Waals surface area contributed by atoms with E-state index < -0.39 is 0 Å². The molecule has 0 aromatic carbocycles. The predicted molar refractivity (Wildman–Crippen MR) is 80.3 cm³/mol. The molecule has 3 heterocycles. The van der Waals surface area contributed by atoms with Crippen LogP contribution in [0.25, 0.3) is 10.2 Å². The number of hydrogen-bond donors (Lipinski definition) is 1. The molecular weight excluding hydrogens is 272 g/mol. The summed E-state index contributed by atoms with van der Waals surface area (Å²) in [5.74, 6) is 1.48. The van der Waals surface area contributed by atoms with Crippen LogP contribution in [-0.2, 0) is 6.54 Å². The van der Waals surface area contributed by atoms with E-state index in [1.165, 1.54) is 5.56 Å². The molecule has 3 aromatic heterocycles. The van der Waals surface area contributed by atoms with Gasteiger partial charge < -0.3 is 10.1 Å². The highest BCUT2D eigenvalue weighted by molar-refractivity contribution is 7.18. The molecule has 0 bridgehead atoms. The van der Waals surface area contributed by atoms with Gasteiger partial charge in [-0.05, 0) is 23.4 Å². The SMILES string of the molecule is COc1ccc(CNc2ncnc3c(C)csc23)cn1. The summed E-state index contributed by atoms with van der Waals surface area (Å²) in [6.45, 7) is 2.73. The zero-order valence-corrected chi connectivity index (χ0v) is 12.1. The number of aromatic nitrogens is 3. The third kappa shape index (κ3) is 2.42. The summed E-state index contributed by atoms with van der Waals surface area (Å²) >= 11 is 1.66. The summed E-state index contributed by atoms with van der Waals surface area (Å²) in [6, 6.07) is 3.83. The molecule has 0 aliphatic heterocycles. The fourth-order valence-corrected chi connectivity index (χ4v) is 2.89. The highest BCUT2D eigenvalue weighted by Gasteiger charge is 2.07. The van der Waals surface area contributed by atoms with Gasteiger partial charge in [-0.1, -0.05) is 6.07 Å². The molecule has 0 fully saturated rings. The smallest absolute Gasteiger partial charge is 0.212 e. The van der Waals surface area contributed by atoms with Gasteiger partial charge in [0, 0.05) is 18.8 Å². The number of fused-ring (bicyclic) bond motifs is 1. The standard InChI is InChI=1S/C14H14N4OS/c1-9-7-20-13-12(9)17-8-18-14(13)16-6-10-3-4-11(19-2)15-5-10/h3-5,7-8H,6H2,1-2H3,(H,16,17,18). The number of rotatable bonds is 4. The molecule has 3 rings (SSSR count). The van der Waals surface area contributed by atoms with Crippen molar-refractivity contribution >= 4 is 27.4 Å². The van der Waals surface area contributed by atoms with Gasteiger partial charge in [-0.3, -0.25) is 0 Å². The van der Waals surface area contributed by atoms with Crippen LogP contribution in [0, 0.1) is 6.92 Å². The quantitative estimate of drug-likeness (QED) is 0.799. The Hall–Kier alpha value is -2.21. The summed E-state index contributed by atoms with van der Waals surface area (Å²) < 4.78 is 6.13. The molecule has 0 radical (unpaired) electrons. The van der Waals surface area contributed by atoms with Gasteiger partial charge in [0.25, 0.3) is 0 Å². The van der Waals surface area contributed by atoms with Gasteiger partial charge in [-0.15, -0.1) is 11.3 Å². The van der Waals surface area contributed by atoms with Gasteiger partial charge in [-0.2, -0.15) is 0 Å². The molecule has 1 N–H and O–H groups in total. The molecule has 0 aliphatic rings. The highest BCUT2D eigenvalue weighted by atomic mass is 32.1. The number of methoxy groups -OCH3 is 1. The monoisotopic (exact) mass is 286 g/mol. The van der Waals surface area contributed by atoms with Gasteiger partial charge in [0.1, 0.15) is 12.1 Å². The summed E-state index contributed by atoms with van der Waals surface area (Å²) in [5.41, 5.74) is 3.27. The van der Waals surface area contributed by atoms with Crippen molar-refractivity contribution in [2.45, 2.75) is 13.5 Å². The van der Waals surface area contributed by atoms with Gasteiger partial charge in [-0.25, -0.2) is 15.0 Å². The molecule has 3 aromatic rings. The van der Waals surface area contributed by atoms with Gasteiger partial charge in [0.15, 0.2) is 0 Å². The lowest BCUT2D eigenvalue weighted by Gasteiger charge is -2.06. The summed E-state index contributed by atoms with van der Waals surface area (Å²) in [5, 5.41) is 5.43. The van der Waals surface area contributed by atoms with Crippen LogP contribution in [0.4, 0.5) is 5.82 Å². The average molecular weight is 286 g/mol. The molecule has 6 heteroatoms. The lowest BCUT2D eigenvalue weighted by molar-refractivity contribution is 0.397. The zero-order valence-electron chi connectivity index (χ0n) is 11.3. The second-order valence-corrected chi connectivity index (χ2v) is 5.26. The number of nitrogens with zero attached hydrogens (tertiary/aromatic N) is 3. The average Bonchev–Trinajstić information content (AvgIpc) is 2.88. The van der Waals surface area contributed by atoms with Crippen LogP contribution >= 0.6 is 11.3 Å². The Morgan fingerprint density at radius 3 is 2.90 bits per heavy atom. The Kier molecular flexibility index (Phi) is 3.47. The molecule has 0 aliphatic carbocycles. The normalized spacial score (nSPS) is 10.7. The Bertz CT molecular complexity index is 724. The van der Waals surface area contributed by atoms with E-state index in [0.717, 1.165) is 21.6 Å². The van der Waals surface area contributed by atoms with Crippen molar-refractivity contribution in [2.24, 2.45) is 0 Å². The molecule has 102 valence electrons. The maximum Gasteiger partial charge on any atom is 0.212 e. The van der Waals surface area contributed by atoms with E-state index >= 15 is 0 Å². The second-order valence-electron chi connectivity index (χ2n) is 4.38. The topological polar surface area (TPSA) is 59.9 Å². The molecule has 0 unspecified atom stereocenters. The number of pyridine rings is 1. The highest BCUT2D eigenvalue weighted by Crippen LogP contribution is 2.28. The molecule has 0 atom stereocenters. The minimum atomic E-state index is 0.618. The van der Waals surface area contributed by atoms with Crippen molar-refractivity contribution in [3.8, 4) is 5.88 Å². The van der Waals surface area contributed by atoms with Crippen molar-refractivity contribution in [1.82, 2.24) is 15.0 Å². The molecule has 0 saturated carbocycles. The Morgan fingerprint density at radius 1 is 1.25 bits per heavy atom.